The lowest BCUT2D eigenvalue weighted by molar-refractivity contribution is -0.0943. The number of alkyl halides is 3. The van der Waals surface area contributed by atoms with Crippen LogP contribution in [-0.4, -0.2) is 30.3 Å². The van der Waals surface area contributed by atoms with Crippen molar-refractivity contribution in [2.75, 3.05) is 18.0 Å². The highest BCUT2D eigenvalue weighted by Gasteiger charge is 2.34. The van der Waals surface area contributed by atoms with E-state index in [-0.39, 0.29) is 13.0 Å². The van der Waals surface area contributed by atoms with Crippen molar-refractivity contribution < 1.29 is 13.2 Å². The third-order valence-corrected chi connectivity index (χ3v) is 3.49. The van der Waals surface area contributed by atoms with Gasteiger partial charge in [-0.1, -0.05) is 19.9 Å². The largest absolute Gasteiger partial charge is 0.412 e. The highest BCUT2D eigenvalue weighted by Crippen LogP contribution is 2.32. The summed E-state index contributed by atoms with van der Waals surface area (Å²) in [7, 11) is 0. The topological polar surface area (TPSA) is 28.2 Å². The second kappa shape index (κ2) is 6.47. The van der Waals surface area contributed by atoms with Crippen LogP contribution in [0.1, 0.15) is 25.8 Å². The van der Waals surface area contributed by atoms with Gasteiger partial charge in [0.25, 0.3) is 0 Å². The zero-order chi connectivity index (χ0) is 15.5. The van der Waals surface area contributed by atoms with Gasteiger partial charge in [0.05, 0.1) is 0 Å². The van der Waals surface area contributed by atoms with Crippen molar-refractivity contribution in [1.82, 2.24) is 10.3 Å². The first kappa shape index (κ1) is 15.8. The molecule has 1 aromatic heterocycles. The molecule has 1 aliphatic rings. The minimum absolute atomic E-state index is 0.0306. The number of nitrogens with zero attached hydrogens (tertiary/aromatic N) is 2. The summed E-state index contributed by atoms with van der Waals surface area (Å²) >= 11 is 0. The van der Waals surface area contributed by atoms with E-state index in [2.05, 4.69) is 24.1 Å². The Kier molecular flexibility index (Phi) is 4.88. The van der Waals surface area contributed by atoms with Gasteiger partial charge in [0, 0.05) is 54.9 Å². The Bertz CT molecular complexity index is 509. The van der Waals surface area contributed by atoms with Crippen LogP contribution < -0.4 is 10.2 Å². The fraction of sp³-hybridized carbons (Fsp3) is 0.533. The van der Waals surface area contributed by atoms with Gasteiger partial charge in [-0.2, -0.15) is 13.2 Å². The van der Waals surface area contributed by atoms with Crippen LogP contribution in [0.15, 0.2) is 30.1 Å². The number of pyridine rings is 1. The molecule has 0 fully saturated rings. The predicted molar refractivity (Wildman–Crippen MR) is 77.2 cm³/mol. The van der Waals surface area contributed by atoms with Gasteiger partial charge in [0.1, 0.15) is 0 Å². The molecule has 21 heavy (non-hydrogen) atoms. The molecule has 0 aromatic carbocycles. The Morgan fingerprint density at radius 1 is 1.38 bits per heavy atom. The number of halogens is 3. The first-order chi connectivity index (χ1) is 9.88. The number of rotatable bonds is 4. The van der Waals surface area contributed by atoms with Crippen LogP contribution in [0.3, 0.4) is 0 Å². The average Bonchev–Trinajstić information content (AvgIpc) is 2.44. The highest BCUT2D eigenvalue weighted by molar-refractivity contribution is 5.53. The minimum Gasteiger partial charge on any atom is -0.367 e. The fourth-order valence-corrected chi connectivity index (χ4v) is 2.32. The maximum atomic E-state index is 12.7. The summed E-state index contributed by atoms with van der Waals surface area (Å²) in [5, 5.41) is 3.31. The molecule has 1 N–H and O–H groups in total. The third-order valence-electron chi connectivity index (χ3n) is 3.49. The third kappa shape index (κ3) is 4.20. The van der Waals surface area contributed by atoms with E-state index >= 15 is 0 Å². The Morgan fingerprint density at radius 3 is 2.71 bits per heavy atom. The molecule has 3 nitrogen and oxygen atoms in total. The van der Waals surface area contributed by atoms with Crippen molar-refractivity contribution in [3.8, 4) is 0 Å². The molecule has 2 heterocycles. The van der Waals surface area contributed by atoms with Gasteiger partial charge in [0.2, 0.25) is 0 Å². The maximum absolute atomic E-state index is 12.7. The molecule has 0 spiro atoms. The first-order valence-electron chi connectivity index (χ1n) is 7.05. The normalized spacial score (nSPS) is 16.3. The first-order valence-corrected chi connectivity index (χ1v) is 7.05. The van der Waals surface area contributed by atoms with Crippen LogP contribution in [0.5, 0.6) is 0 Å². The van der Waals surface area contributed by atoms with Gasteiger partial charge in [-0.3, -0.25) is 4.98 Å². The summed E-state index contributed by atoms with van der Waals surface area (Å²) in [4.78, 5) is 6.08. The summed E-state index contributed by atoms with van der Waals surface area (Å²) in [6.45, 7) is 5.43. The molecule has 0 radical (unpaired) electrons. The van der Waals surface area contributed by atoms with Crippen LogP contribution in [0.2, 0.25) is 0 Å². The molecule has 0 amide bonds. The molecule has 1 aliphatic heterocycles. The lowest BCUT2D eigenvalue weighted by atomic mass is 10.1. The van der Waals surface area contributed by atoms with Gasteiger partial charge >= 0.3 is 6.18 Å². The van der Waals surface area contributed by atoms with Gasteiger partial charge in [0.15, 0.2) is 0 Å². The zero-order valence-electron chi connectivity index (χ0n) is 12.2. The summed E-state index contributed by atoms with van der Waals surface area (Å²) < 4.78 is 38.0. The van der Waals surface area contributed by atoms with E-state index in [0.717, 1.165) is 11.3 Å². The Morgan fingerprint density at radius 2 is 2.14 bits per heavy atom. The van der Waals surface area contributed by atoms with Crippen LogP contribution in [0, 0.1) is 0 Å². The monoisotopic (exact) mass is 299 g/mol. The van der Waals surface area contributed by atoms with Crippen molar-refractivity contribution in [2.24, 2.45) is 0 Å². The van der Waals surface area contributed by atoms with Gasteiger partial charge in [-0.15, -0.1) is 0 Å². The molecule has 2 rings (SSSR count). The second-order valence-corrected chi connectivity index (χ2v) is 5.46. The summed E-state index contributed by atoms with van der Waals surface area (Å²) in [5.74, 6) is 0. The van der Waals surface area contributed by atoms with Gasteiger partial charge in [-0.05, 0) is 12.5 Å². The van der Waals surface area contributed by atoms with E-state index < -0.39 is 11.7 Å². The van der Waals surface area contributed by atoms with E-state index in [0.29, 0.717) is 19.1 Å². The number of anilines is 1. The standard InChI is InChI=1S/C15H20F3N3/c1-11(2)20-10-12-9-19-6-3-14(12)21-7-4-13(5-8-21)15(16,17)18/h3-4,6,9,11,20H,5,7-8,10H2,1-2H3. The number of hydrogen-bond donors (Lipinski definition) is 1. The number of hydrogen-bond acceptors (Lipinski definition) is 3. The van der Waals surface area contributed by atoms with Crippen LogP contribution in [-0.2, 0) is 6.54 Å². The van der Waals surface area contributed by atoms with Crippen LogP contribution in [0.4, 0.5) is 18.9 Å². The highest BCUT2D eigenvalue weighted by atomic mass is 19.4. The van der Waals surface area contributed by atoms with Gasteiger partial charge in [-0.25, -0.2) is 0 Å². The zero-order valence-corrected chi connectivity index (χ0v) is 12.2. The average molecular weight is 299 g/mol. The second-order valence-electron chi connectivity index (χ2n) is 5.46. The van der Waals surface area contributed by atoms with E-state index in [4.69, 9.17) is 0 Å². The van der Waals surface area contributed by atoms with Crippen molar-refractivity contribution in [1.29, 1.82) is 0 Å². The molecule has 0 saturated carbocycles. The molecular weight excluding hydrogens is 279 g/mol. The fourth-order valence-electron chi connectivity index (χ4n) is 2.32. The van der Waals surface area contributed by atoms with Crippen LogP contribution >= 0.6 is 0 Å². The quantitative estimate of drug-likeness (QED) is 0.865. The lowest BCUT2D eigenvalue weighted by Crippen LogP contribution is -2.33. The van der Waals surface area contributed by atoms with E-state index in [1.165, 1.54) is 6.08 Å². The number of nitrogens with one attached hydrogen (secondary N) is 1. The van der Waals surface area contributed by atoms with Crippen molar-refractivity contribution in [3.63, 3.8) is 0 Å². The molecular formula is C15H20F3N3. The van der Waals surface area contributed by atoms with Crippen molar-refractivity contribution in [3.05, 3.63) is 35.7 Å². The molecule has 0 bridgehead atoms. The Balaban J connectivity index is 2.11. The lowest BCUT2D eigenvalue weighted by Gasteiger charge is -2.30. The van der Waals surface area contributed by atoms with E-state index in [1.54, 1.807) is 12.4 Å². The van der Waals surface area contributed by atoms with E-state index in [9.17, 15) is 13.2 Å². The molecule has 0 unspecified atom stereocenters. The molecule has 0 aliphatic carbocycles. The van der Waals surface area contributed by atoms with Gasteiger partial charge < -0.3 is 10.2 Å². The Labute approximate surface area is 122 Å². The summed E-state index contributed by atoms with van der Waals surface area (Å²) in [5.41, 5.74) is 1.54. The summed E-state index contributed by atoms with van der Waals surface area (Å²) in [6, 6.07) is 2.21. The SMILES string of the molecule is CC(C)NCc1cnccc1N1CC=C(C(F)(F)F)CC1. The van der Waals surface area contributed by atoms with Crippen molar-refractivity contribution in [2.45, 2.75) is 39.0 Å². The molecule has 0 saturated heterocycles. The predicted octanol–water partition coefficient (Wildman–Crippen LogP) is 3.28. The molecule has 116 valence electrons. The van der Waals surface area contributed by atoms with E-state index in [1.807, 2.05) is 11.0 Å². The summed E-state index contributed by atoms with van der Waals surface area (Å²) in [6.07, 6.45) is 0.559. The smallest absolute Gasteiger partial charge is 0.367 e. The number of aromatic nitrogens is 1. The molecule has 6 heteroatoms. The maximum Gasteiger partial charge on any atom is 0.412 e. The van der Waals surface area contributed by atoms with Crippen LogP contribution in [0.25, 0.3) is 0 Å². The molecule has 0 atom stereocenters. The Hall–Kier alpha value is -1.56. The minimum atomic E-state index is -4.20. The van der Waals surface area contributed by atoms with Crippen molar-refractivity contribution >= 4 is 5.69 Å². The molecule has 1 aromatic rings.